The zero-order valence-corrected chi connectivity index (χ0v) is 17.9. The maximum Gasteiger partial charge on any atom is 0.171 e. The Morgan fingerprint density at radius 1 is 1.07 bits per heavy atom. The Bertz CT molecular complexity index is 762. The second kappa shape index (κ2) is 11.0. The SMILES string of the molecule is CCOc1ccc(NC(=S)NC[C@@H](c2ccc(OC)cc2)[NH+]2CCOCC2)cc1. The van der Waals surface area contributed by atoms with Gasteiger partial charge in [-0.15, -0.1) is 0 Å². The molecule has 1 aliphatic heterocycles. The summed E-state index contributed by atoms with van der Waals surface area (Å²) >= 11 is 5.52. The molecule has 7 heteroatoms. The van der Waals surface area contributed by atoms with Gasteiger partial charge in [0.1, 0.15) is 30.6 Å². The van der Waals surface area contributed by atoms with Crippen molar-refractivity contribution in [3.05, 3.63) is 54.1 Å². The highest BCUT2D eigenvalue weighted by Crippen LogP contribution is 2.17. The van der Waals surface area contributed by atoms with Crippen molar-refractivity contribution < 1.29 is 19.1 Å². The van der Waals surface area contributed by atoms with Gasteiger partial charge in [0.25, 0.3) is 0 Å². The molecule has 0 aromatic heterocycles. The van der Waals surface area contributed by atoms with Crippen molar-refractivity contribution in [1.82, 2.24) is 5.32 Å². The van der Waals surface area contributed by atoms with Gasteiger partial charge in [-0.2, -0.15) is 0 Å². The van der Waals surface area contributed by atoms with E-state index in [2.05, 4.69) is 22.8 Å². The first-order chi connectivity index (χ1) is 14.2. The summed E-state index contributed by atoms with van der Waals surface area (Å²) in [5, 5.41) is 7.25. The molecule has 1 heterocycles. The smallest absolute Gasteiger partial charge is 0.171 e. The van der Waals surface area contributed by atoms with Crippen LogP contribution >= 0.6 is 12.2 Å². The maximum atomic E-state index is 5.54. The fourth-order valence-corrected chi connectivity index (χ4v) is 3.69. The van der Waals surface area contributed by atoms with Crippen molar-refractivity contribution in [3.8, 4) is 11.5 Å². The molecule has 29 heavy (non-hydrogen) atoms. The number of benzene rings is 2. The molecule has 156 valence electrons. The van der Waals surface area contributed by atoms with E-state index in [9.17, 15) is 0 Å². The van der Waals surface area contributed by atoms with Crippen LogP contribution in [-0.4, -0.2) is 51.7 Å². The van der Waals surface area contributed by atoms with E-state index in [1.807, 2.05) is 43.3 Å². The second-order valence-corrected chi connectivity index (χ2v) is 7.30. The van der Waals surface area contributed by atoms with Crippen molar-refractivity contribution in [2.45, 2.75) is 13.0 Å². The highest BCUT2D eigenvalue weighted by atomic mass is 32.1. The number of thiocarbonyl (C=S) groups is 1. The summed E-state index contributed by atoms with van der Waals surface area (Å²) in [6.45, 7) is 6.91. The number of ether oxygens (including phenoxy) is 3. The predicted molar refractivity (Wildman–Crippen MR) is 119 cm³/mol. The first-order valence-corrected chi connectivity index (χ1v) is 10.4. The molecule has 1 atom stereocenters. The molecule has 3 N–H and O–H groups in total. The minimum Gasteiger partial charge on any atom is -0.497 e. The van der Waals surface area contributed by atoms with E-state index in [1.54, 1.807) is 7.11 Å². The van der Waals surface area contributed by atoms with E-state index in [0.717, 1.165) is 50.0 Å². The molecule has 1 aliphatic rings. The monoisotopic (exact) mass is 416 g/mol. The lowest BCUT2D eigenvalue weighted by molar-refractivity contribution is -0.937. The summed E-state index contributed by atoms with van der Waals surface area (Å²) in [7, 11) is 1.69. The molecular formula is C22H30N3O3S+. The zero-order chi connectivity index (χ0) is 20.5. The lowest BCUT2D eigenvalue weighted by Crippen LogP contribution is -3.15. The Balaban J connectivity index is 1.61. The van der Waals surface area contributed by atoms with Crippen LogP contribution in [0.2, 0.25) is 0 Å². The average Bonchev–Trinajstić information content (AvgIpc) is 2.77. The van der Waals surface area contributed by atoms with E-state index < -0.39 is 0 Å². The topological polar surface area (TPSA) is 56.2 Å². The molecule has 1 fully saturated rings. The molecule has 0 spiro atoms. The van der Waals surface area contributed by atoms with Crippen LogP contribution in [0.1, 0.15) is 18.5 Å². The summed E-state index contributed by atoms with van der Waals surface area (Å²) in [5.41, 5.74) is 2.20. The van der Waals surface area contributed by atoms with Gasteiger partial charge in [0.15, 0.2) is 5.11 Å². The molecule has 1 saturated heterocycles. The predicted octanol–water partition coefficient (Wildman–Crippen LogP) is 2.04. The molecule has 0 bridgehead atoms. The molecule has 3 rings (SSSR count). The maximum absolute atomic E-state index is 5.54. The van der Waals surface area contributed by atoms with Crippen LogP contribution in [-0.2, 0) is 4.74 Å². The quantitative estimate of drug-likeness (QED) is 0.573. The van der Waals surface area contributed by atoms with Gasteiger partial charge in [0.05, 0.1) is 33.5 Å². The summed E-state index contributed by atoms with van der Waals surface area (Å²) in [4.78, 5) is 1.50. The number of anilines is 1. The molecule has 0 amide bonds. The van der Waals surface area contributed by atoms with E-state index in [1.165, 1.54) is 10.5 Å². The van der Waals surface area contributed by atoms with Crippen LogP contribution in [0.15, 0.2) is 48.5 Å². The highest BCUT2D eigenvalue weighted by molar-refractivity contribution is 7.80. The third kappa shape index (κ3) is 6.32. The van der Waals surface area contributed by atoms with Crippen LogP contribution in [0.25, 0.3) is 0 Å². The number of hydrogen-bond acceptors (Lipinski definition) is 4. The second-order valence-electron chi connectivity index (χ2n) is 6.89. The lowest BCUT2D eigenvalue weighted by Gasteiger charge is -2.32. The number of quaternary nitrogens is 1. The zero-order valence-electron chi connectivity index (χ0n) is 17.1. The molecule has 2 aromatic rings. The van der Waals surface area contributed by atoms with Gasteiger partial charge < -0.3 is 29.7 Å². The third-order valence-corrected chi connectivity index (χ3v) is 5.28. The highest BCUT2D eigenvalue weighted by Gasteiger charge is 2.26. The van der Waals surface area contributed by atoms with Crippen LogP contribution in [0.3, 0.4) is 0 Å². The standard InChI is InChI=1S/C22H29N3O3S/c1-3-28-20-10-6-18(7-11-20)24-22(29)23-16-21(25-12-14-27-15-13-25)17-4-8-19(26-2)9-5-17/h4-11,21H,3,12-16H2,1-2H3,(H2,23,24,29)/p+1/t21-/m0/s1. The van der Waals surface area contributed by atoms with Gasteiger partial charge in [0.2, 0.25) is 0 Å². The lowest BCUT2D eigenvalue weighted by atomic mass is 10.0. The van der Waals surface area contributed by atoms with Gasteiger partial charge in [-0.25, -0.2) is 0 Å². The Morgan fingerprint density at radius 3 is 2.34 bits per heavy atom. The van der Waals surface area contributed by atoms with Crippen molar-refractivity contribution in [2.24, 2.45) is 0 Å². The van der Waals surface area contributed by atoms with Gasteiger partial charge in [-0.1, -0.05) is 0 Å². The van der Waals surface area contributed by atoms with E-state index in [-0.39, 0.29) is 6.04 Å². The summed E-state index contributed by atoms with van der Waals surface area (Å²) in [5.74, 6) is 1.72. The summed E-state index contributed by atoms with van der Waals surface area (Å²) in [6.07, 6.45) is 0. The number of rotatable bonds is 8. The van der Waals surface area contributed by atoms with Gasteiger partial charge >= 0.3 is 0 Å². The van der Waals surface area contributed by atoms with Crippen molar-refractivity contribution in [2.75, 3.05) is 51.9 Å². The Morgan fingerprint density at radius 2 is 1.72 bits per heavy atom. The normalized spacial score (nSPS) is 15.4. The van der Waals surface area contributed by atoms with Gasteiger partial charge in [0, 0.05) is 11.3 Å². The average molecular weight is 417 g/mol. The van der Waals surface area contributed by atoms with E-state index in [4.69, 9.17) is 26.4 Å². The van der Waals surface area contributed by atoms with Gasteiger partial charge in [-0.3, -0.25) is 0 Å². The number of methoxy groups -OCH3 is 1. The molecule has 6 nitrogen and oxygen atoms in total. The molecule has 0 aliphatic carbocycles. The molecule has 2 aromatic carbocycles. The van der Waals surface area contributed by atoms with Crippen molar-refractivity contribution in [3.63, 3.8) is 0 Å². The first kappa shape index (κ1) is 21.4. The van der Waals surface area contributed by atoms with Crippen molar-refractivity contribution in [1.29, 1.82) is 0 Å². The minimum absolute atomic E-state index is 0.282. The molecule has 0 radical (unpaired) electrons. The van der Waals surface area contributed by atoms with Gasteiger partial charge in [-0.05, 0) is 67.7 Å². The fraction of sp³-hybridized carbons (Fsp3) is 0.409. The fourth-order valence-electron chi connectivity index (χ4n) is 3.49. The number of morpholine rings is 1. The first-order valence-electron chi connectivity index (χ1n) is 10.0. The Kier molecular flexibility index (Phi) is 8.10. The minimum atomic E-state index is 0.282. The number of nitrogens with one attached hydrogen (secondary N) is 3. The molecule has 0 unspecified atom stereocenters. The van der Waals surface area contributed by atoms with Crippen LogP contribution < -0.4 is 25.0 Å². The van der Waals surface area contributed by atoms with E-state index in [0.29, 0.717) is 11.7 Å². The largest absolute Gasteiger partial charge is 0.497 e. The van der Waals surface area contributed by atoms with Crippen LogP contribution in [0.4, 0.5) is 5.69 Å². The third-order valence-electron chi connectivity index (χ3n) is 5.04. The summed E-state index contributed by atoms with van der Waals surface area (Å²) in [6, 6.07) is 16.4. The van der Waals surface area contributed by atoms with Crippen molar-refractivity contribution >= 4 is 23.0 Å². The summed E-state index contributed by atoms with van der Waals surface area (Å²) < 4.78 is 16.3. The van der Waals surface area contributed by atoms with Crippen LogP contribution in [0, 0.1) is 0 Å². The molecular weight excluding hydrogens is 386 g/mol. The Labute approximate surface area is 178 Å². The van der Waals surface area contributed by atoms with Crippen LogP contribution in [0.5, 0.6) is 11.5 Å². The molecule has 0 saturated carbocycles. The Hall–Kier alpha value is -2.35. The van der Waals surface area contributed by atoms with E-state index >= 15 is 0 Å². The number of hydrogen-bond donors (Lipinski definition) is 3.